The van der Waals surface area contributed by atoms with Gasteiger partial charge in [-0.05, 0) is 41.8 Å². The summed E-state index contributed by atoms with van der Waals surface area (Å²) >= 11 is 1.09. The number of para-hydroxylation sites is 2. The molecule has 2 bridgehead atoms. The second-order valence-electron chi connectivity index (χ2n) is 6.91. The molecule has 0 aliphatic heterocycles. The summed E-state index contributed by atoms with van der Waals surface area (Å²) in [5.41, 5.74) is 0.526. The topological polar surface area (TPSA) is 113 Å². The third-order valence-corrected chi connectivity index (χ3v) is 8.00. The largest absolute Gasteiger partial charge is 0.481 e. The summed E-state index contributed by atoms with van der Waals surface area (Å²) in [5, 5.41) is 13.9. The monoisotopic (exact) mass is 418 g/mol. The van der Waals surface area contributed by atoms with Crippen molar-refractivity contribution in [1.29, 1.82) is 0 Å². The normalized spacial score (nSPS) is 25.6. The number of aliphatic carboxylic acids is 1. The third-order valence-electron chi connectivity index (χ3n) is 5.24. The lowest BCUT2D eigenvalue weighted by atomic mass is 9.82. The fraction of sp³-hybridized carbons (Fsp3) is 0.263. The molecule has 1 aromatic heterocycles. The molecule has 0 radical (unpaired) electrons. The van der Waals surface area contributed by atoms with Gasteiger partial charge in [-0.2, -0.15) is 0 Å². The SMILES string of the molecule is O=C(O)[C@@H]1[C@H](C(=O)Nc2ccccc2NS(=O)(=O)c2cccs2)[C@H]2C=C[C@H]1C2. The molecule has 2 aliphatic rings. The van der Waals surface area contributed by atoms with Crippen molar-refractivity contribution in [2.24, 2.45) is 23.7 Å². The van der Waals surface area contributed by atoms with Crippen LogP contribution in [0.4, 0.5) is 11.4 Å². The molecule has 3 N–H and O–H groups in total. The highest BCUT2D eigenvalue weighted by molar-refractivity contribution is 7.94. The Morgan fingerprint density at radius 1 is 1.00 bits per heavy atom. The highest BCUT2D eigenvalue weighted by Gasteiger charge is 2.51. The molecule has 0 saturated heterocycles. The van der Waals surface area contributed by atoms with Crippen LogP contribution in [0.3, 0.4) is 0 Å². The maximum absolute atomic E-state index is 12.9. The van der Waals surface area contributed by atoms with Gasteiger partial charge in [0.25, 0.3) is 10.0 Å². The zero-order valence-corrected chi connectivity index (χ0v) is 16.2. The van der Waals surface area contributed by atoms with Crippen LogP contribution in [0.5, 0.6) is 0 Å². The van der Waals surface area contributed by atoms with Crippen molar-refractivity contribution in [2.75, 3.05) is 10.0 Å². The van der Waals surface area contributed by atoms with Crippen LogP contribution in [0.2, 0.25) is 0 Å². The van der Waals surface area contributed by atoms with Gasteiger partial charge in [-0.3, -0.25) is 14.3 Å². The van der Waals surface area contributed by atoms with Crippen LogP contribution in [0.1, 0.15) is 6.42 Å². The Kier molecular flexibility index (Phi) is 4.72. The summed E-state index contributed by atoms with van der Waals surface area (Å²) in [7, 11) is -3.77. The first-order valence-electron chi connectivity index (χ1n) is 8.74. The second kappa shape index (κ2) is 7.06. The van der Waals surface area contributed by atoms with E-state index in [0.717, 1.165) is 11.3 Å². The number of anilines is 2. The van der Waals surface area contributed by atoms with Crippen molar-refractivity contribution in [3.63, 3.8) is 0 Å². The van der Waals surface area contributed by atoms with E-state index in [-0.39, 0.29) is 21.7 Å². The van der Waals surface area contributed by atoms with Crippen LogP contribution in [0, 0.1) is 23.7 Å². The fourth-order valence-electron chi connectivity index (χ4n) is 4.02. The first-order valence-corrected chi connectivity index (χ1v) is 11.1. The number of carbonyl (C=O) groups is 2. The van der Waals surface area contributed by atoms with Crippen LogP contribution in [0.25, 0.3) is 0 Å². The molecule has 1 fully saturated rings. The first-order chi connectivity index (χ1) is 13.4. The van der Waals surface area contributed by atoms with Crippen molar-refractivity contribution < 1.29 is 23.1 Å². The zero-order chi connectivity index (χ0) is 19.9. The van der Waals surface area contributed by atoms with Crippen molar-refractivity contribution in [3.05, 3.63) is 53.9 Å². The molecule has 7 nitrogen and oxygen atoms in total. The van der Waals surface area contributed by atoms with Crippen molar-refractivity contribution in [3.8, 4) is 0 Å². The molecule has 1 aromatic carbocycles. The average molecular weight is 418 g/mol. The Balaban J connectivity index is 1.57. The minimum atomic E-state index is -3.77. The van der Waals surface area contributed by atoms with E-state index in [4.69, 9.17) is 0 Å². The smallest absolute Gasteiger partial charge is 0.307 e. The van der Waals surface area contributed by atoms with Crippen molar-refractivity contribution >= 4 is 44.6 Å². The van der Waals surface area contributed by atoms with E-state index in [0.29, 0.717) is 12.1 Å². The number of hydrogen-bond donors (Lipinski definition) is 3. The zero-order valence-electron chi connectivity index (χ0n) is 14.6. The van der Waals surface area contributed by atoms with Crippen LogP contribution in [-0.4, -0.2) is 25.4 Å². The molecular weight excluding hydrogens is 400 g/mol. The first kappa shape index (κ1) is 18.7. The summed E-state index contributed by atoms with van der Waals surface area (Å²) < 4.78 is 27.7. The predicted molar refractivity (Wildman–Crippen MR) is 106 cm³/mol. The van der Waals surface area contributed by atoms with Gasteiger partial charge in [0.1, 0.15) is 4.21 Å². The fourth-order valence-corrected chi connectivity index (χ4v) is 6.10. The lowest BCUT2D eigenvalue weighted by Gasteiger charge is -2.24. The molecule has 2 aliphatic carbocycles. The van der Waals surface area contributed by atoms with E-state index < -0.39 is 33.7 Å². The van der Waals surface area contributed by atoms with Gasteiger partial charge in [-0.25, -0.2) is 8.42 Å². The van der Waals surface area contributed by atoms with Gasteiger partial charge >= 0.3 is 5.97 Å². The second-order valence-corrected chi connectivity index (χ2v) is 9.77. The van der Waals surface area contributed by atoms with Gasteiger partial charge in [0.15, 0.2) is 0 Å². The van der Waals surface area contributed by atoms with E-state index in [1.165, 1.54) is 6.07 Å². The van der Waals surface area contributed by atoms with E-state index in [1.54, 1.807) is 35.7 Å². The van der Waals surface area contributed by atoms with Crippen LogP contribution in [0.15, 0.2) is 58.1 Å². The molecule has 1 amide bonds. The molecule has 1 saturated carbocycles. The number of carboxylic acid groups (broad SMARTS) is 1. The van der Waals surface area contributed by atoms with Crippen molar-refractivity contribution in [1.82, 2.24) is 0 Å². The maximum atomic E-state index is 12.9. The molecule has 0 spiro atoms. The molecule has 9 heteroatoms. The summed E-state index contributed by atoms with van der Waals surface area (Å²) in [4.78, 5) is 24.5. The lowest BCUT2D eigenvalue weighted by Crippen LogP contribution is -2.36. The number of amides is 1. The van der Waals surface area contributed by atoms with E-state index in [1.807, 2.05) is 12.2 Å². The molecular formula is C19H18N2O5S2. The van der Waals surface area contributed by atoms with Gasteiger partial charge in [0.05, 0.1) is 23.2 Å². The quantitative estimate of drug-likeness (QED) is 0.624. The number of fused-ring (bicyclic) bond motifs is 2. The number of hydrogen-bond acceptors (Lipinski definition) is 5. The molecule has 146 valence electrons. The Bertz CT molecular complexity index is 1050. The average Bonchev–Trinajstić information content (AvgIpc) is 3.39. The van der Waals surface area contributed by atoms with Crippen molar-refractivity contribution in [2.45, 2.75) is 10.6 Å². The molecule has 0 unspecified atom stereocenters. The Morgan fingerprint density at radius 2 is 1.68 bits per heavy atom. The maximum Gasteiger partial charge on any atom is 0.307 e. The van der Waals surface area contributed by atoms with Gasteiger partial charge in [-0.1, -0.05) is 30.4 Å². The molecule has 1 heterocycles. The summed E-state index contributed by atoms with van der Waals surface area (Å²) in [6.45, 7) is 0. The summed E-state index contributed by atoms with van der Waals surface area (Å²) in [6.07, 6.45) is 4.43. The highest BCUT2D eigenvalue weighted by Crippen LogP contribution is 2.48. The van der Waals surface area contributed by atoms with Gasteiger partial charge in [0.2, 0.25) is 5.91 Å². The molecule has 4 rings (SSSR count). The third kappa shape index (κ3) is 3.31. The molecule has 28 heavy (non-hydrogen) atoms. The summed E-state index contributed by atoms with van der Waals surface area (Å²) in [6, 6.07) is 9.60. The van der Waals surface area contributed by atoms with Crippen LogP contribution < -0.4 is 10.0 Å². The van der Waals surface area contributed by atoms with E-state index in [9.17, 15) is 23.1 Å². The van der Waals surface area contributed by atoms with Crippen LogP contribution in [-0.2, 0) is 19.6 Å². The summed E-state index contributed by atoms with van der Waals surface area (Å²) in [5.74, 6) is -3.07. The van der Waals surface area contributed by atoms with Gasteiger partial charge < -0.3 is 10.4 Å². The van der Waals surface area contributed by atoms with E-state index >= 15 is 0 Å². The van der Waals surface area contributed by atoms with E-state index in [2.05, 4.69) is 10.0 Å². The predicted octanol–water partition coefficient (Wildman–Crippen LogP) is 3.01. The van der Waals surface area contributed by atoms with Crippen LogP contribution >= 0.6 is 11.3 Å². The number of rotatable bonds is 6. The van der Waals surface area contributed by atoms with Gasteiger partial charge in [0, 0.05) is 0 Å². The number of thiophene rings is 1. The highest BCUT2D eigenvalue weighted by atomic mass is 32.2. The standard InChI is InChI=1S/C19H18N2O5S2/c22-18(16-11-7-8-12(10-11)17(16)19(23)24)20-13-4-1-2-5-14(13)21-28(25,26)15-6-3-9-27-15/h1-9,11-12,16-17,21H,10H2,(H,20,22)(H,23,24)/t11-,12-,16+,17-/m0/s1. The number of nitrogens with one attached hydrogen (secondary N) is 2. The molecule has 4 atom stereocenters. The Hall–Kier alpha value is -2.65. The number of carboxylic acids is 1. The number of allylic oxidation sites excluding steroid dienone is 2. The minimum Gasteiger partial charge on any atom is -0.481 e. The minimum absolute atomic E-state index is 0.110. The van der Waals surface area contributed by atoms with Gasteiger partial charge in [-0.15, -0.1) is 11.3 Å². The number of sulfonamides is 1. The number of carbonyl (C=O) groups excluding carboxylic acids is 1. The Labute approximate surface area is 166 Å². The number of benzene rings is 1. The lowest BCUT2D eigenvalue weighted by molar-refractivity contribution is -0.146. The molecule has 2 aromatic rings. The Morgan fingerprint density at radius 3 is 2.32 bits per heavy atom.